The monoisotopic (exact) mass is 373 g/mol. The maximum Gasteiger partial charge on any atom is 0.355 e. The SMILES string of the molecule is CCCCCOC(=O)c1[nH]c2c(c1C)C(=O)C[C@H](c1ccccc1Cl)C2. The third-order valence-corrected chi connectivity index (χ3v) is 5.36. The Morgan fingerprint density at radius 2 is 2.04 bits per heavy atom. The first-order chi connectivity index (χ1) is 12.5. The maximum atomic E-state index is 12.7. The van der Waals surface area contributed by atoms with Crippen molar-refractivity contribution in [2.75, 3.05) is 6.61 Å². The standard InChI is InChI=1S/C21H24ClNO3/c1-3-4-7-10-26-21(25)20-13(2)19-17(23-20)11-14(12-18(19)24)15-8-5-6-9-16(15)22/h5-6,8-9,14,23H,3-4,7,10-12H2,1-2H3/t14-/m1/s1. The van der Waals surface area contributed by atoms with E-state index < -0.39 is 0 Å². The fourth-order valence-electron chi connectivity index (χ4n) is 3.65. The minimum atomic E-state index is -0.380. The average Bonchev–Trinajstić information content (AvgIpc) is 2.96. The van der Waals surface area contributed by atoms with E-state index in [2.05, 4.69) is 11.9 Å². The van der Waals surface area contributed by atoms with Crippen LogP contribution in [0.3, 0.4) is 0 Å². The van der Waals surface area contributed by atoms with Crippen LogP contribution in [0, 0.1) is 6.92 Å². The Balaban J connectivity index is 1.81. The molecular weight excluding hydrogens is 350 g/mol. The summed E-state index contributed by atoms with van der Waals surface area (Å²) in [6, 6.07) is 7.62. The van der Waals surface area contributed by atoms with Crippen molar-refractivity contribution in [1.82, 2.24) is 4.98 Å². The molecule has 2 aromatic rings. The summed E-state index contributed by atoms with van der Waals surface area (Å²) >= 11 is 6.31. The number of hydrogen-bond donors (Lipinski definition) is 1. The van der Waals surface area contributed by atoms with E-state index in [1.54, 1.807) is 0 Å². The highest BCUT2D eigenvalue weighted by molar-refractivity contribution is 6.31. The first-order valence-corrected chi connectivity index (χ1v) is 9.56. The summed E-state index contributed by atoms with van der Waals surface area (Å²) in [5.41, 5.74) is 3.53. The number of unbranched alkanes of at least 4 members (excludes halogenated alkanes) is 2. The minimum Gasteiger partial charge on any atom is -0.461 e. The fourth-order valence-corrected chi connectivity index (χ4v) is 3.94. The maximum absolute atomic E-state index is 12.7. The Kier molecular flexibility index (Phi) is 5.82. The summed E-state index contributed by atoms with van der Waals surface area (Å²) in [5, 5.41) is 0.674. The predicted molar refractivity (Wildman–Crippen MR) is 102 cm³/mol. The number of aromatic nitrogens is 1. The molecule has 1 aliphatic carbocycles. The van der Waals surface area contributed by atoms with Gasteiger partial charge in [0.2, 0.25) is 0 Å². The van der Waals surface area contributed by atoms with Crippen LogP contribution < -0.4 is 0 Å². The topological polar surface area (TPSA) is 59.2 Å². The molecule has 0 saturated heterocycles. The van der Waals surface area contributed by atoms with Crippen molar-refractivity contribution in [3.05, 3.63) is 57.4 Å². The first-order valence-electron chi connectivity index (χ1n) is 9.19. The molecule has 0 saturated carbocycles. The highest BCUT2D eigenvalue weighted by Gasteiger charge is 2.32. The zero-order valence-corrected chi connectivity index (χ0v) is 16.0. The van der Waals surface area contributed by atoms with E-state index in [4.69, 9.17) is 16.3 Å². The lowest BCUT2D eigenvalue weighted by molar-refractivity contribution is 0.0491. The second-order valence-corrected chi connectivity index (χ2v) is 7.28. The lowest BCUT2D eigenvalue weighted by Crippen LogP contribution is -2.18. The van der Waals surface area contributed by atoms with Crippen LogP contribution in [0.5, 0.6) is 0 Å². The Hall–Kier alpha value is -2.07. The van der Waals surface area contributed by atoms with E-state index in [-0.39, 0.29) is 17.7 Å². The lowest BCUT2D eigenvalue weighted by atomic mass is 9.81. The number of rotatable bonds is 6. The number of nitrogens with one attached hydrogen (secondary N) is 1. The Morgan fingerprint density at radius 1 is 1.27 bits per heavy atom. The number of ketones is 1. The van der Waals surface area contributed by atoms with Gasteiger partial charge in [0.25, 0.3) is 0 Å². The van der Waals surface area contributed by atoms with Gasteiger partial charge in [-0.05, 0) is 42.9 Å². The number of halogens is 1. The van der Waals surface area contributed by atoms with Crippen LogP contribution in [0.25, 0.3) is 0 Å². The summed E-state index contributed by atoms with van der Waals surface area (Å²) in [5.74, 6) is -0.305. The average molecular weight is 374 g/mol. The molecule has 4 nitrogen and oxygen atoms in total. The molecule has 1 atom stereocenters. The Labute approximate surface area is 158 Å². The molecule has 1 aromatic heterocycles. The smallest absolute Gasteiger partial charge is 0.355 e. The van der Waals surface area contributed by atoms with Gasteiger partial charge in [-0.3, -0.25) is 4.79 Å². The van der Waals surface area contributed by atoms with E-state index in [9.17, 15) is 9.59 Å². The molecule has 138 valence electrons. The van der Waals surface area contributed by atoms with Crippen LogP contribution in [-0.4, -0.2) is 23.3 Å². The van der Waals surface area contributed by atoms with Crippen LogP contribution in [-0.2, 0) is 11.2 Å². The zero-order chi connectivity index (χ0) is 18.7. The van der Waals surface area contributed by atoms with Gasteiger partial charge in [-0.1, -0.05) is 49.6 Å². The van der Waals surface area contributed by atoms with Crippen molar-refractivity contribution >= 4 is 23.4 Å². The second-order valence-electron chi connectivity index (χ2n) is 6.87. The summed E-state index contributed by atoms with van der Waals surface area (Å²) in [4.78, 5) is 28.2. The number of Topliss-reactive ketones (excluding diaryl/α,β-unsaturated/α-hetero) is 1. The van der Waals surface area contributed by atoms with Crippen LogP contribution >= 0.6 is 11.6 Å². The number of ether oxygens (including phenoxy) is 1. The molecule has 0 fully saturated rings. The van der Waals surface area contributed by atoms with E-state index >= 15 is 0 Å². The van der Waals surface area contributed by atoms with Crippen LogP contribution in [0.1, 0.15) is 76.2 Å². The number of carbonyl (C=O) groups is 2. The van der Waals surface area contributed by atoms with Gasteiger partial charge >= 0.3 is 5.97 Å². The molecule has 0 spiro atoms. The van der Waals surface area contributed by atoms with Gasteiger partial charge in [0.1, 0.15) is 5.69 Å². The summed E-state index contributed by atoms with van der Waals surface area (Å²) in [6.07, 6.45) is 4.03. The number of H-pyrrole nitrogens is 1. The van der Waals surface area contributed by atoms with Crippen LogP contribution in [0.4, 0.5) is 0 Å². The van der Waals surface area contributed by atoms with E-state index in [0.29, 0.717) is 41.3 Å². The lowest BCUT2D eigenvalue weighted by Gasteiger charge is -2.22. The number of benzene rings is 1. The summed E-state index contributed by atoms with van der Waals surface area (Å²) < 4.78 is 5.35. The number of aromatic amines is 1. The summed E-state index contributed by atoms with van der Waals surface area (Å²) in [7, 11) is 0. The van der Waals surface area contributed by atoms with Crippen molar-refractivity contribution in [3.8, 4) is 0 Å². The largest absolute Gasteiger partial charge is 0.461 e. The van der Waals surface area contributed by atoms with Crippen molar-refractivity contribution in [1.29, 1.82) is 0 Å². The molecule has 0 unspecified atom stereocenters. The number of fused-ring (bicyclic) bond motifs is 1. The van der Waals surface area contributed by atoms with Gasteiger partial charge < -0.3 is 9.72 Å². The highest BCUT2D eigenvalue weighted by Crippen LogP contribution is 2.37. The predicted octanol–water partition coefficient (Wildman–Crippen LogP) is 5.24. The molecule has 0 aliphatic heterocycles. The van der Waals surface area contributed by atoms with Crippen LogP contribution in [0.2, 0.25) is 5.02 Å². The van der Waals surface area contributed by atoms with Crippen molar-refractivity contribution in [2.45, 2.75) is 51.9 Å². The van der Waals surface area contributed by atoms with Crippen molar-refractivity contribution < 1.29 is 14.3 Å². The fraction of sp³-hybridized carbons (Fsp3) is 0.429. The molecule has 0 radical (unpaired) electrons. The van der Waals surface area contributed by atoms with Crippen molar-refractivity contribution in [2.24, 2.45) is 0 Å². The second kappa shape index (κ2) is 8.09. The molecule has 1 N–H and O–H groups in total. The molecule has 3 rings (SSSR count). The molecule has 1 aliphatic rings. The molecular formula is C21H24ClNO3. The van der Waals surface area contributed by atoms with Gasteiger partial charge in [0.15, 0.2) is 5.78 Å². The third-order valence-electron chi connectivity index (χ3n) is 5.02. The van der Waals surface area contributed by atoms with Gasteiger partial charge in [-0.2, -0.15) is 0 Å². The van der Waals surface area contributed by atoms with E-state index in [0.717, 1.165) is 30.5 Å². The highest BCUT2D eigenvalue weighted by atomic mass is 35.5. The molecule has 1 aromatic carbocycles. The number of esters is 1. The van der Waals surface area contributed by atoms with Gasteiger partial charge in [-0.15, -0.1) is 0 Å². The Bertz CT molecular complexity index is 825. The molecule has 0 amide bonds. The van der Waals surface area contributed by atoms with Crippen molar-refractivity contribution in [3.63, 3.8) is 0 Å². The number of carbonyl (C=O) groups excluding carboxylic acids is 2. The van der Waals surface area contributed by atoms with Gasteiger partial charge in [0.05, 0.1) is 6.61 Å². The number of hydrogen-bond acceptors (Lipinski definition) is 3. The van der Waals surface area contributed by atoms with Crippen LogP contribution in [0.15, 0.2) is 24.3 Å². The van der Waals surface area contributed by atoms with E-state index in [1.165, 1.54) is 0 Å². The molecule has 1 heterocycles. The summed E-state index contributed by atoms with van der Waals surface area (Å²) in [6.45, 7) is 4.32. The quantitative estimate of drug-likeness (QED) is 0.556. The minimum absolute atomic E-state index is 0.0233. The first kappa shape index (κ1) is 18.7. The molecule has 5 heteroatoms. The van der Waals surface area contributed by atoms with Gasteiger partial charge in [0, 0.05) is 22.7 Å². The van der Waals surface area contributed by atoms with Gasteiger partial charge in [-0.25, -0.2) is 4.79 Å². The normalized spacial score (nSPS) is 16.4. The molecule has 26 heavy (non-hydrogen) atoms. The zero-order valence-electron chi connectivity index (χ0n) is 15.2. The molecule has 0 bridgehead atoms. The third kappa shape index (κ3) is 3.70. The Morgan fingerprint density at radius 3 is 2.77 bits per heavy atom. The van der Waals surface area contributed by atoms with E-state index in [1.807, 2.05) is 31.2 Å².